The van der Waals surface area contributed by atoms with Crippen LogP contribution in [0.15, 0.2) is 0 Å². The van der Waals surface area contributed by atoms with Gasteiger partial charge in [-0.05, 0) is 45.4 Å². The zero-order chi connectivity index (χ0) is 15.2. The minimum absolute atomic E-state index is 0.454. The van der Waals surface area contributed by atoms with E-state index in [1.807, 2.05) is 6.92 Å². The number of nitrogens with one attached hydrogen (secondary N) is 1. The van der Waals surface area contributed by atoms with E-state index in [0.717, 1.165) is 39.0 Å². The van der Waals surface area contributed by atoms with Crippen LogP contribution in [0.4, 0.5) is 0 Å². The molecule has 1 atom stereocenters. The molecule has 1 aliphatic heterocycles. The summed E-state index contributed by atoms with van der Waals surface area (Å²) in [6.45, 7) is 7.06. The van der Waals surface area contributed by atoms with E-state index >= 15 is 0 Å². The first-order valence-electron chi connectivity index (χ1n) is 7.44. The molecule has 0 radical (unpaired) electrons. The Morgan fingerprint density at radius 1 is 1.30 bits per heavy atom. The highest BCUT2D eigenvalue weighted by Crippen LogP contribution is 2.17. The standard InChI is InChI=1S/C13H30N4O2S/c1-5-14-8-6-9-16(3)20(18,19)17(4)12-13-7-10-15(2)11-13/h13-14H,5-12H2,1-4H3. The van der Waals surface area contributed by atoms with Gasteiger partial charge >= 0.3 is 0 Å². The van der Waals surface area contributed by atoms with Gasteiger partial charge in [-0.25, -0.2) is 0 Å². The Morgan fingerprint density at radius 3 is 2.55 bits per heavy atom. The summed E-state index contributed by atoms with van der Waals surface area (Å²) in [7, 11) is 2.13. The number of nitrogens with zero attached hydrogens (tertiary/aromatic N) is 3. The van der Waals surface area contributed by atoms with Gasteiger partial charge in [0.25, 0.3) is 10.2 Å². The monoisotopic (exact) mass is 306 g/mol. The van der Waals surface area contributed by atoms with E-state index < -0.39 is 10.2 Å². The van der Waals surface area contributed by atoms with Crippen molar-refractivity contribution in [3.8, 4) is 0 Å². The van der Waals surface area contributed by atoms with E-state index in [1.165, 1.54) is 8.61 Å². The van der Waals surface area contributed by atoms with E-state index in [1.54, 1.807) is 14.1 Å². The number of hydrogen-bond acceptors (Lipinski definition) is 4. The third-order valence-corrected chi connectivity index (χ3v) is 5.78. The van der Waals surface area contributed by atoms with E-state index in [-0.39, 0.29) is 0 Å². The van der Waals surface area contributed by atoms with Gasteiger partial charge in [0.1, 0.15) is 0 Å². The van der Waals surface area contributed by atoms with Gasteiger partial charge < -0.3 is 10.2 Å². The molecule has 6 nitrogen and oxygen atoms in total. The summed E-state index contributed by atoms with van der Waals surface area (Å²) in [5.74, 6) is 0.454. The Kier molecular flexibility index (Phi) is 7.39. The fourth-order valence-corrected chi connectivity index (χ4v) is 3.82. The summed E-state index contributed by atoms with van der Waals surface area (Å²) in [4.78, 5) is 2.26. The van der Waals surface area contributed by atoms with Gasteiger partial charge in [-0.15, -0.1) is 0 Å². The average Bonchev–Trinajstić information content (AvgIpc) is 2.79. The van der Waals surface area contributed by atoms with E-state index in [2.05, 4.69) is 17.3 Å². The molecule has 20 heavy (non-hydrogen) atoms. The maximum atomic E-state index is 12.4. The van der Waals surface area contributed by atoms with Gasteiger partial charge in [0, 0.05) is 33.7 Å². The van der Waals surface area contributed by atoms with Crippen molar-refractivity contribution >= 4 is 10.2 Å². The molecule has 1 fully saturated rings. The highest BCUT2D eigenvalue weighted by Gasteiger charge is 2.28. The Labute approximate surface area is 124 Å². The molecule has 1 unspecified atom stereocenters. The zero-order valence-electron chi connectivity index (χ0n) is 13.3. The molecule has 1 aliphatic rings. The Bertz CT molecular complexity index is 375. The van der Waals surface area contributed by atoms with Crippen LogP contribution in [0.2, 0.25) is 0 Å². The lowest BCUT2D eigenvalue weighted by Crippen LogP contribution is -2.42. The first kappa shape index (κ1) is 17.8. The van der Waals surface area contributed by atoms with Crippen LogP contribution in [0.25, 0.3) is 0 Å². The molecule has 1 rings (SSSR count). The van der Waals surface area contributed by atoms with E-state index in [4.69, 9.17) is 0 Å². The van der Waals surface area contributed by atoms with Gasteiger partial charge in [0.15, 0.2) is 0 Å². The second-order valence-electron chi connectivity index (χ2n) is 5.73. The van der Waals surface area contributed by atoms with Crippen molar-refractivity contribution in [3.63, 3.8) is 0 Å². The van der Waals surface area contributed by atoms with Crippen molar-refractivity contribution in [1.82, 2.24) is 18.8 Å². The van der Waals surface area contributed by atoms with Crippen LogP contribution in [0.3, 0.4) is 0 Å². The molecule has 1 N–H and O–H groups in total. The van der Waals surface area contributed by atoms with E-state index in [0.29, 0.717) is 19.0 Å². The molecule has 0 saturated carbocycles. The van der Waals surface area contributed by atoms with Crippen LogP contribution in [0.1, 0.15) is 19.8 Å². The van der Waals surface area contributed by atoms with Crippen molar-refractivity contribution in [2.75, 3.05) is 60.4 Å². The topological polar surface area (TPSA) is 55.9 Å². The largest absolute Gasteiger partial charge is 0.317 e. The molecule has 1 heterocycles. The molecule has 7 heteroatoms. The fourth-order valence-electron chi connectivity index (χ4n) is 2.59. The number of likely N-dealkylation sites (tertiary alicyclic amines) is 1. The van der Waals surface area contributed by atoms with Crippen molar-refractivity contribution in [3.05, 3.63) is 0 Å². The van der Waals surface area contributed by atoms with Crippen LogP contribution in [-0.2, 0) is 10.2 Å². The first-order chi connectivity index (χ1) is 9.37. The van der Waals surface area contributed by atoms with Crippen molar-refractivity contribution < 1.29 is 8.42 Å². The molecular weight excluding hydrogens is 276 g/mol. The van der Waals surface area contributed by atoms with Crippen LogP contribution in [0, 0.1) is 5.92 Å². The maximum Gasteiger partial charge on any atom is 0.281 e. The van der Waals surface area contributed by atoms with Gasteiger partial charge in [-0.3, -0.25) is 0 Å². The molecule has 1 saturated heterocycles. The summed E-state index contributed by atoms with van der Waals surface area (Å²) < 4.78 is 27.7. The van der Waals surface area contributed by atoms with Gasteiger partial charge in [-0.1, -0.05) is 6.92 Å². The molecule has 0 spiro atoms. The number of hydrogen-bond donors (Lipinski definition) is 1. The quantitative estimate of drug-likeness (QED) is 0.612. The smallest absolute Gasteiger partial charge is 0.281 e. The lowest BCUT2D eigenvalue weighted by atomic mass is 10.1. The minimum Gasteiger partial charge on any atom is -0.317 e. The predicted molar refractivity (Wildman–Crippen MR) is 82.9 cm³/mol. The zero-order valence-corrected chi connectivity index (χ0v) is 14.1. The van der Waals surface area contributed by atoms with Crippen molar-refractivity contribution in [1.29, 1.82) is 0 Å². The summed E-state index contributed by atoms with van der Waals surface area (Å²) in [5, 5.41) is 3.21. The summed E-state index contributed by atoms with van der Waals surface area (Å²) in [6.07, 6.45) is 1.92. The highest BCUT2D eigenvalue weighted by atomic mass is 32.2. The summed E-state index contributed by atoms with van der Waals surface area (Å²) in [6, 6.07) is 0. The molecule has 0 bridgehead atoms. The molecule has 120 valence electrons. The summed E-state index contributed by atoms with van der Waals surface area (Å²) in [5.41, 5.74) is 0. The predicted octanol–water partition coefficient (Wildman–Crippen LogP) is 0.0461. The second kappa shape index (κ2) is 8.29. The Balaban J connectivity index is 2.41. The molecular formula is C13H30N4O2S. The maximum absolute atomic E-state index is 12.4. The Morgan fingerprint density at radius 2 is 2.00 bits per heavy atom. The van der Waals surface area contributed by atoms with Crippen LogP contribution in [-0.4, -0.2) is 82.3 Å². The average molecular weight is 306 g/mol. The van der Waals surface area contributed by atoms with E-state index in [9.17, 15) is 8.42 Å². The van der Waals surface area contributed by atoms with Crippen molar-refractivity contribution in [2.24, 2.45) is 5.92 Å². The van der Waals surface area contributed by atoms with Crippen LogP contribution >= 0.6 is 0 Å². The lowest BCUT2D eigenvalue weighted by molar-refractivity contribution is 0.335. The highest BCUT2D eigenvalue weighted by molar-refractivity contribution is 7.86. The second-order valence-corrected chi connectivity index (χ2v) is 7.88. The third-order valence-electron chi connectivity index (χ3n) is 3.87. The third kappa shape index (κ3) is 5.29. The summed E-state index contributed by atoms with van der Waals surface area (Å²) >= 11 is 0. The molecule has 0 amide bonds. The number of rotatable bonds is 9. The molecule has 0 aromatic carbocycles. The normalized spacial score (nSPS) is 21.2. The minimum atomic E-state index is -3.31. The SMILES string of the molecule is CCNCCCN(C)S(=O)(=O)N(C)CC1CCN(C)C1. The van der Waals surface area contributed by atoms with Gasteiger partial charge in [0.2, 0.25) is 0 Å². The fraction of sp³-hybridized carbons (Fsp3) is 1.00. The molecule has 0 aromatic rings. The van der Waals surface area contributed by atoms with Gasteiger partial charge in [0.05, 0.1) is 0 Å². The lowest BCUT2D eigenvalue weighted by Gasteiger charge is -2.26. The first-order valence-corrected chi connectivity index (χ1v) is 8.84. The van der Waals surface area contributed by atoms with Crippen molar-refractivity contribution in [2.45, 2.75) is 19.8 Å². The molecule has 0 aliphatic carbocycles. The molecule has 0 aromatic heterocycles. The van der Waals surface area contributed by atoms with Crippen LogP contribution in [0.5, 0.6) is 0 Å². The van der Waals surface area contributed by atoms with Crippen LogP contribution < -0.4 is 5.32 Å². The Hall–Kier alpha value is -0.210. The van der Waals surface area contributed by atoms with Gasteiger partial charge in [-0.2, -0.15) is 17.0 Å².